The first-order valence-electron chi connectivity index (χ1n) is 12.6. The molecule has 0 atom stereocenters. The van der Waals surface area contributed by atoms with Gasteiger partial charge in [-0.25, -0.2) is 18.1 Å². The smallest absolute Gasteiger partial charge is 0.240 e. The highest BCUT2D eigenvalue weighted by Gasteiger charge is 2.23. The van der Waals surface area contributed by atoms with E-state index in [-0.39, 0.29) is 12.3 Å². The molecule has 37 heavy (non-hydrogen) atoms. The zero-order valence-corrected chi connectivity index (χ0v) is 22.0. The molecule has 1 aliphatic rings. The molecule has 1 aliphatic carbocycles. The highest BCUT2D eigenvalue weighted by Crippen LogP contribution is 2.29. The molecule has 0 spiro atoms. The third-order valence-corrected chi connectivity index (χ3v) is 8.37. The average molecular weight is 547 g/mol. The fourth-order valence-corrected chi connectivity index (χ4v) is 6.00. The summed E-state index contributed by atoms with van der Waals surface area (Å²) in [6.45, 7) is 2.76. The molecular weight excluding hydrogens is 508 g/mol. The van der Waals surface area contributed by atoms with E-state index in [0.29, 0.717) is 35.9 Å². The summed E-state index contributed by atoms with van der Waals surface area (Å²) in [5.74, 6) is 2.31. The maximum atomic E-state index is 12.6. The molecule has 1 saturated carbocycles. The molecule has 0 unspecified atom stereocenters. The van der Waals surface area contributed by atoms with Crippen molar-refractivity contribution >= 4 is 44.3 Å². The Hall–Kier alpha value is -2.46. The summed E-state index contributed by atoms with van der Waals surface area (Å²) in [6.07, 6.45) is 6.01. The Labute approximate surface area is 225 Å². The lowest BCUT2D eigenvalue weighted by Gasteiger charge is -2.28. The van der Waals surface area contributed by atoms with E-state index >= 15 is 0 Å². The number of hydrogen-bond acceptors (Lipinski definition) is 7. The summed E-state index contributed by atoms with van der Waals surface area (Å²) in [6, 6.07) is 14.4. The fraction of sp³-hybridized carbons (Fsp3) is 0.481. The number of aromatic nitrogens is 2. The van der Waals surface area contributed by atoms with Gasteiger partial charge in [-0.3, -0.25) is 0 Å². The van der Waals surface area contributed by atoms with Gasteiger partial charge in [-0.05, 0) is 87.2 Å². The van der Waals surface area contributed by atoms with Gasteiger partial charge >= 0.3 is 0 Å². The minimum atomic E-state index is -3.55. The first kappa shape index (κ1) is 29.1. The summed E-state index contributed by atoms with van der Waals surface area (Å²) in [5.41, 5.74) is 6.52. The van der Waals surface area contributed by atoms with Crippen LogP contribution >= 0.6 is 11.6 Å². The second kappa shape index (κ2) is 13.9. The van der Waals surface area contributed by atoms with Crippen molar-refractivity contribution in [2.75, 3.05) is 36.8 Å². The molecule has 2 aromatic carbocycles. The van der Waals surface area contributed by atoms with Gasteiger partial charge in [-0.15, -0.1) is 0 Å². The zero-order chi connectivity index (χ0) is 25.4. The lowest BCUT2D eigenvalue weighted by molar-refractivity contribution is 0.284. The number of nitrogens with two attached hydrogens (primary N) is 1. The van der Waals surface area contributed by atoms with Crippen molar-refractivity contribution in [1.29, 1.82) is 0 Å². The van der Waals surface area contributed by atoms with E-state index in [0.717, 1.165) is 68.3 Å². The molecule has 4 rings (SSSR count). The topological polar surface area (TPSA) is 122 Å². The van der Waals surface area contributed by atoms with Crippen LogP contribution in [0.3, 0.4) is 0 Å². The molecule has 202 valence electrons. The molecule has 0 radical (unpaired) electrons. The minimum Gasteiger partial charge on any atom is -0.369 e. The lowest BCUT2D eigenvalue weighted by Crippen LogP contribution is -2.32. The van der Waals surface area contributed by atoms with Gasteiger partial charge in [0, 0.05) is 30.0 Å². The number of para-hydroxylation sites is 1. The number of rotatable bonds is 12. The van der Waals surface area contributed by atoms with Gasteiger partial charge in [0.2, 0.25) is 16.0 Å². The molecular formula is C27H39ClN6O2S. The first-order chi connectivity index (χ1) is 17.4. The van der Waals surface area contributed by atoms with Gasteiger partial charge in [0.1, 0.15) is 5.82 Å². The molecule has 8 nitrogen and oxygen atoms in total. The number of nitrogens with one attached hydrogen (secondary N) is 3. The van der Waals surface area contributed by atoms with Crippen LogP contribution in [0.1, 0.15) is 46.0 Å². The van der Waals surface area contributed by atoms with Gasteiger partial charge in [-0.2, -0.15) is 4.98 Å². The van der Waals surface area contributed by atoms with Crippen LogP contribution in [0.4, 0.5) is 11.8 Å². The van der Waals surface area contributed by atoms with Crippen LogP contribution in [0.2, 0.25) is 5.02 Å². The van der Waals surface area contributed by atoms with Crippen LogP contribution < -0.4 is 21.1 Å². The summed E-state index contributed by atoms with van der Waals surface area (Å²) >= 11 is 5.95. The minimum absolute atomic E-state index is 0. The summed E-state index contributed by atoms with van der Waals surface area (Å²) < 4.78 is 27.9. The third-order valence-electron chi connectivity index (χ3n) is 6.71. The molecule has 10 heteroatoms. The second-order valence-corrected chi connectivity index (χ2v) is 11.6. The van der Waals surface area contributed by atoms with Gasteiger partial charge in [0.25, 0.3) is 0 Å². The average Bonchev–Trinajstić information content (AvgIpc) is 2.89. The second-order valence-electron chi connectivity index (χ2n) is 9.41. The quantitative estimate of drug-likeness (QED) is 0.228. The molecule has 1 aromatic heterocycles. The van der Waals surface area contributed by atoms with E-state index < -0.39 is 10.0 Å². The van der Waals surface area contributed by atoms with E-state index in [9.17, 15) is 8.42 Å². The summed E-state index contributed by atoms with van der Waals surface area (Å²) in [7, 11) is -3.55. The number of nitrogens with zero attached hydrogens (tertiary/aromatic N) is 2. The van der Waals surface area contributed by atoms with E-state index in [1.54, 1.807) is 18.2 Å². The lowest BCUT2D eigenvalue weighted by atomic mass is 9.82. The number of sulfonamides is 1. The van der Waals surface area contributed by atoms with E-state index in [1.807, 2.05) is 24.3 Å². The van der Waals surface area contributed by atoms with Crippen molar-refractivity contribution < 1.29 is 8.42 Å². The largest absolute Gasteiger partial charge is 0.369 e. The molecule has 0 aliphatic heterocycles. The molecule has 5 N–H and O–H groups in total. The molecule has 3 aromatic rings. The maximum Gasteiger partial charge on any atom is 0.240 e. The Balaban J connectivity index is 0.00000380. The van der Waals surface area contributed by atoms with Crippen molar-refractivity contribution in [2.24, 2.45) is 17.6 Å². The SMILES string of the molecule is C.NCCCCNc1nc(NCC2CCC(CNS(=O)(=O)c3cccc(Cl)c3)CC2)nc2ccccc12. The Morgan fingerprint density at radius 1 is 0.919 bits per heavy atom. The van der Waals surface area contributed by atoms with Crippen molar-refractivity contribution in [1.82, 2.24) is 14.7 Å². The number of fused-ring (bicyclic) bond motifs is 1. The van der Waals surface area contributed by atoms with Crippen molar-refractivity contribution in [3.05, 3.63) is 53.6 Å². The first-order valence-corrected chi connectivity index (χ1v) is 14.5. The maximum absolute atomic E-state index is 12.6. The van der Waals surface area contributed by atoms with Gasteiger partial charge in [0.15, 0.2) is 0 Å². The number of anilines is 2. The summed E-state index contributed by atoms with van der Waals surface area (Å²) in [5, 5.41) is 8.30. The van der Waals surface area contributed by atoms with Crippen LogP contribution in [-0.4, -0.2) is 44.6 Å². The van der Waals surface area contributed by atoms with E-state index in [2.05, 4.69) is 15.4 Å². The van der Waals surface area contributed by atoms with Crippen molar-refractivity contribution in [3.8, 4) is 0 Å². The monoisotopic (exact) mass is 546 g/mol. The third kappa shape index (κ3) is 8.26. The Bertz CT molecular complexity index is 1250. The van der Waals surface area contributed by atoms with Gasteiger partial charge < -0.3 is 16.4 Å². The predicted molar refractivity (Wildman–Crippen MR) is 154 cm³/mol. The van der Waals surface area contributed by atoms with Crippen molar-refractivity contribution in [3.63, 3.8) is 0 Å². The van der Waals surface area contributed by atoms with Crippen LogP contribution in [0.25, 0.3) is 10.9 Å². The molecule has 0 bridgehead atoms. The zero-order valence-electron chi connectivity index (χ0n) is 20.4. The Morgan fingerprint density at radius 2 is 1.65 bits per heavy atom. The normalized spacial score (nSPS) is 17.8. The fourth-order valence-electron chi connectivity index (χ4n) is 4.59. The molecule has 1 heterocycles. The molecule has 0 saturated heterocycles. The van der Waals surface area contributed by atoms with E-state index in [1.165, 1.54) is 6.07 Å². The predicted octanol–water partition coefficient (Wildman–Crippen LogP) is 5.27. The highest BCUT2D eigenvalue weighted by atomic mass is 35.5. The Morgan fingerprint density at radius 3 is 2.38 bits per heavy atom. The molecule has 1 fully saturated rings. The highest BCUT2D eigenvalue weighted by molar-refractivity contribution is 7.89. The van der Waals surface area contributed by atoms with E-state index in [4.69, 9.17) is 27.3 Å². The number of benzene rings is 2. The van der Waals surface area contributed by atoms with Crippen LogP contribution in [0, 0.1) is 11.8 Å². The van der Waals surface area contributed by atoms with Crippen molar-refractivity contribution in [2.45, 2.75) is 50.8 Å². The number of unbranched alkanes of at least 4 members (excludes halogenated alkanes) is 1. The van der Waals surface area contributed by atoms with Gasteiger partial charge in [-0.1, -0.05) is 37.2 Å². The van der Waals surface area contributed by atoms with Crippen LogP contribution in [0.5, 0.6) is 0 Å². The van der Waals surface area contributed by atoms with Crippen LogP contribution in [-0.2, 0) is 10.0 Å². The molecule has 0 amide bonds. The number of hydrogen-bond donors (Lipinski definition) is 4. The number of halogens is 1. The van der Waals surface area contributed by atoms with Crippen LogP contribution in [0.15, 0.2) is 53.4 Å². The van der Waals surface area contributed by atoms with Gasteiger partial charge in [0.05, 0.1) is 10.4 Å². The summed E-state index contributed by atoms with van der Waals surface area (Å²) in [4.78, 5) is 9.65. The standard InChI is InChI=1S/C26H35ClN6O2S.CH4/c27-21-6-5-7-22(16-21)36(34,35)31-18-20-12-10-19(11-13-20)17-30-26-32-24-9-2-1-8-23(24)25(33-26)29-15-4-3-14-28;/h1-2,5-9,16,19-20,31H,3-4,10-15,17-18,28H2,(H2,29,30,32,33);1H4. The Kier molecular flexibility index (Phi) is 10.9.